The first-order valence-corrected chi connectivity index (χ1v) is 5.21. The molecular formula is C10H24N2. The summed E-state index contributed by atoms with van der Waals surface area (Å²) in [5, 5.41) is 0. The molecule has 1 saturated heterocycles. The van der Waals surface area contributed by atoms with E-state index in [1.807, 2.05) is 13.8 Å². The molecule has 2 heteroatoms. The van der Waals surface area contributed by atoms with Crippen LogP contribution in [0, 0.1) is 5.92 Å². The fourth-order valence-corrected chi connectivity index (χ4v) is 1.59. The monoisotopic (exact) mass is 172 g/mol. The Balaban J connectivity index is 0.000000561. The van der Waals surface area contributed by atoms with Crippen molar-refractivity contribution in [3.05, 3.63) is 0 Å². The van der Waals surface area contributed by atoms with E-state index in [4.69, 9.17) is 5.73 Å². The summed E-state index contributed by atoms with van der Waals surface area (Å²) in [6, 6.07) is 0. The lowest BCUT2D eigenvalue weighted by atomic mass is 9.94. The molecule has 2 N–H and O–H groups in total. The van der Waals surface area contributed by atoms with Crippen LogP contribution in [-0.4, -0.2) is 31.6 Å². The number of nitrogens with zero attached hydrogens (tertiary/aromatic N) is 1. The van der Waals surface area contributed by atoms with Crippen molar-refractivity contribution in [3.63, 3.8) is 0 Å². The third kappa shape index (κ3) is 4.73. The maximum atomic E-state index is 5.48. The zero-order valence-corrected chi connectivity index (χ0v) is 8.84. The van der Waals surface area contributed by atoms with Gasteiger partial charge in [0.05, 0.1) is 0 Å². The van der Waals surface area contributed by atoms with Crippen molar-refractivity contribution in [1.29, 1.82) is 0 Å². The Kier molecular flexibility index (Phi) is 7.51. The molecule has 2 nitrogen and oxygen atoms in total. The Morgan fingerprint density at radius 2 is 1.75 bits per heavy atom. The van der Waals surface area contributed by atoms with Gasteiger partial charge < -0.3 is 10.6 Å². The van der Waals surface area contributed by atoms with Gasteiger partial charge in [-0.15, -0.1) is 0 Å². The Morgan fingerprint density at radius 1 is 1.25 bits per heavy atom. The molecule has 0 aliphatic carbocycles. The first kappa shape index (κ1) is 11.9. The Morgan fingerprint density at radius 3 is 2.17 bits per heavy atom. The summed E-state index contributed by atoms with van der Waals surface area (Å²) < 4.78 is 0. The summed E-state index contributed by atoms with van der Waals surface area (Å²) >= 11 is 0. The van der Waals surface area contributed by atoms with E-state index in [-0.39, 0.29) is 0 Å². The maximum absolute atomic E-state index is 5.48. The maximum Gasteiger partial charge on any atom is -0.00191 e. The van der Waals surface area contributed by atoms with E-state index < -0.39 is 0 Å². The van der Waals surface area contributed by atoms with Crippen molar-refractivity contribution in [2.75, 3.05) is 26.7 Å². The molecule has 0 amide bonds. The molecule has 12 heavy (non-hydrogen) atoms. The highest BCUT2D eigenvalue weighted by Gasteiger charge is 2.14. The second-order valence-corrected chi connectivity index (χ2v) is 3.32. The molecule has 0 spiro atoms. The van der Waals surface area contributed by atoms with Crippen molar-refractivity contribution in [2.45, 2.75) is 33.1 Å². The van der Waals surface area contributed by atoms with Crippen LogP contribution < -0.4 is 5.73 Å². The minimum Gasteiger partial charge on any atom is -0.330 e. The number of rotatable bonds is 2. The van der Waals surface area contributed by atoms with E-state index in [0.717, 1.165) is 12.5 Å². The number of likely N-dealkylation sites (tertiary alicyclic amines) is 1. The van der Waals surface area contributed by atoms with Crippen LogP contribution in [0.3, 0.4) is 0 Å². The molecule has 0 aromatic rings. The quantitative estimate of drug-likeness (QED) is 0.687. The predicted octanol–water partition coefficient (Wildman–Crippen LogP) is 1.70. The van der Waals surface area contributed by atoms with E-state index in [0.29, 0.717) is 0 Å². The number of piperidine rings is 1. The molecule has 1 aliphatic rings. The van der Waals surface area contributed by atoms with Gasteiger partial charge in [0.15, 0.2) is 0 Å². The standard InChI is InChI=1S/C8H18N2.C2H6/c1-10-6-3-8(2-5-9)4-7-10;1-2/h8H,2-7,9H2,1H3;1-2H3. The van der Waals surface area contributed by atoms with Crippen molar-refractivity contribution < 1.29 is 0 Å². The molecule has 74 valence electrons. The summed E-state index contributed by atoms with van der Waals surface area (Å²) in [5.74, 6) is 0.918. The molecular weight excluding hydrogens is 148 g/mol. The first-order chi connectivity index (χ1) is 5.83. The average Bonchev–Trinajstić information content (AvgIpc) is 2.13. The fraction of sp³-hybridized carbons (Fsp3) is 1.00. The second kappa shape index (κ2) is 7.56. The van der Waals surface area contributed by atoms with Gasteiger partial charge in [-0.05, 0) is 51.9 Å². The molecule has 0 atom stereocenters. The van der Waals surface area contributed by atoms with Crippen LogP contribution in [0.4, 0.5) is 0 Å². The Bertz CT molecular complexity index is 85.8. The molecule has 1 heterocycles. The molecule has 1 fully saturated rings. The van der Waals surface area contributed by atoms with E-state index in [9.17, 15) is 0 Å². The van der Waals surface area contributed by atoms with Gasteiger partial charge in [0.2, 0.25) is 0 Å². The lowest BCUT2D eigenvalue weighted by molar-refractivity contribution is 0.214. The second-order valence-electron chi connectivity index (χ2n) is 3.32. The number of nitrogens with two attached hydrogens (primary N) is 1. The van der Waals surface area contributed by atoms with E-state index >= 15 is 0 Å². The molecule has 0 aromatic carbocycles. The van der Waals surface area contributed by atoms with E-state index in [1.165, 1.54) is 32.4 Å². The Labute approximate surface area is 77.1 Å². The summed E-state index contributed by atoms with van der Waals surface area (Å²) in [7, 11) is 2.19. The molecule has 1 rings (SSSR count). The van der Waals surface area contributed by atoms with Gasteiger partial charge in [-0.3, -0.25) is 0 Å². The van der Waals surface area contributed by atoms with Crippen LogP contribution in [0.2, 0.25) is 0 Å². The normalized spacial score (nSPS) is 20.0. The van der Waals surface area contributed by atoms with Gasteiger partial charge in [-0.25, -0.2) is 0 Å². The zero-order chi connectivity index (χ0) is 9.40. The minimum absolute atomic E-state index is 0.869. The van der Waals surface area contributed by atoms with Gasteiger partial charge >= 0.3 is 0 Å². The third-order valence-electron chi connectivity index (χ3n) is 2.41. The van der Waals surface area contributed by atoms with Gasteiger partial charge in [-0.2, -0.15) is 0 Å². The van der Waals surface area contributed by atoms with Crippen molar-refractivity contribution in [2.24, 2.45) is 11.7 Å². The smallest absolute Gasteiger partial charge is 0.00191 e. The summed E-state index contributed by atoms with van der Waals surface area (Å²) in [6.07, 6.45) is 3.94. The van der Waals surface area contributed by atoms with E-state index in [2.05, 4.69) is 11.9 Å². The van der Waals surface area contributed by atoms with Crippen molar-refractivity contribution >= 4 is 0 Å². The van der Waals surface area contributed by atoms with Crippen LogP contribution in [0.5, 0.6) is 0 Å². The van der Waals surface area contributed by atoms with Gasteiger partial charge in [0.1, 0.15) is 0 Å². The third-order valence-corrected chi connectivity index (χ3v) is 2.41. The van der Waals surface area contributed by atoms with Crippen LogP contribution >= 0.6 is 0 Å². The summed E-state index contributed by atoms with van der Waals surface area (Å²) in [4.78, 5) is 2.40. The van der Waals surface area contributed by atoms with Gasteiger partial charge in [0.25, 0.3) is 0 Å². The predicted molar refractivity (Wildman–Crippen MR) is 55.2 cm³/mol. The molecule has 0 unspecified atom stereocenters. The number of hydrogen-bond acceptors (Lipinski definition) is 2. The van der Waals surface area contributed by atoms with Crippen LogP contribution in [0.15, 0.2) is 0 Å². The lowest BCUT2D eigenvalue weighted by Crippen LogP contribution is -2.30. The van der Waals surface area contributed by atoms with Gasteiger partial charge in [-0.1, -0.05) is 13.8 Å². The molecule has 0 radical (unpaired) electrons. The number of hydrogen-bond donors (Lipinski definition) is 1. The Hall–Kier alpha value is -0.0800. The molecule has 0 bridgehead atoms. The summed E-state index contributed by atoms with van der Waals surface area (Å²) in [6.45, 7) is 7.41. The molecule has 0 saturated carbocycles. The highest BCUT2D eigenvalue weighted by Crippen LogP contribution is 2.18. The first-order valence-electron chi connectivity index (χ1n) is 5.21. The summed E-state index contributed by atoms with van der Waals surface area (Å²) in [5.41, 5.74) is 5.48. The highest BCUT2D eigenvalue weighted by molar-refractivity contribution is 4.69. The van der Waals surface area contributed by atoms with Crippen molar-refractivity contribution in [3.8, 4) is 0 Å². The van der Waals surface area contributed by atoms with Crippen LogP contribution in [0.1, 0.15) is 33.1 Å². The van der Waals surface area contributed by atoms with Crippen LogP contribution in [-0.2, 0) is 0 Å². The topological polar surface area (TPSA) is 29.3 Å². The average molecular weight is 172 g/mol. The van der Waals surface area contributed by atoms with Gasteiger partial charge in [0, 0.05) is 0 Å². The molecule has 0 aromatic heterocycles. The lowest BCUT2D eigenvalue weighted by Gasteiger charge is -2.28. The fourth-order valence-electron chi connectivity index (χ4n) is 1.59. The van der Waals surface area contributed by atoms with Crippen LogP contribution in [0.25, 0.3) is 0 Å². The zero-order valence-electron chi connectivity index (χ0n) is 8.84. The SMILES string of the molecule is CC.CN1CCC(CCN)CC1. The largest absolute Gasteiger partial charge is 0.330 e. The minimum atomic E-state index is 0.869. The molecule has 1 aliphatic heterocycles. The van der Waals surface area contributed by atoms with E-state index in [1.54, 1.807) is 0 Å². The highest BCUT2D eigenvalue weighted by atomic mass is 15.1. The van der Waals surface area contributed by atoms with Crippen molar-refractivity contribution in [1.82, 2.24) is 4.90 Å².